The standard InChI is InChI=1S/C15H27NO5/c1-16(2,3)12-15(21,11-14(19)20)13(18)9-7-5-4-6-8-10-17/h10,21H,4-9,11-12H2,1-3H3. The third-order valence-corrected chi connectivity index (χ3v) is 3.17. The molecule has 1 N–H and O–H groups in total. The van der Waals surface area contributed by atoms with Crippen molar-refractivity contribution in [1.29, 1.82) is 0 Å². The van der Waals surface area contributed by atoms with Gasteiger partial charge in [-0.05, 0) is 12.8 Å². The molecule has 21 heavy (non-hydrogen) atoms. The first kappa shape index (κ1) is 19.7. The Bertz CT molecular complexity index is 362. The van der Waals surface area contributed by atoms with Gasteiger partial charge < -0.3 is 24.3 Å². The second kappa shape index (κ2) is 8.89. The number of Topliss-reactive ketones (excluding diaryl/α,β-unsaturated/α-hetero) is 1. The van der Waals surface area contributed by atoms with Crippen molar-refractivity contribution >= 4 is 18.0 Å². The topological polar surface area (TPSA) is 94.5 Å². The van der Waals surface area contributed by atoms with Crippen molar-refractivity contribution < 1.29 is 29.1 Å². The van der Waals surface area contributed by atoms with Crippen LogP contribution in [-0.4, -0.2) is 60.9 Å². The fourth-order valence-electron chi connectivity index (χ4n) is 2.37. The van der Waals surface area contributed by atoms with Crippen molar-refractivity contribution in [2.75, 3.05) is 27.7 Å². The van der Waals surface area contributed by atoms with Crippen molar-refractivity contribution in [3.05, 3.63) is 0 Å². The molecule has 1 unspecified atom stereocenters. The Balaban J connectivity index is 4.45. The molecular formula is C15H27NO5. The second-order valence-corrected chi connectivity index (χ2v) is 6.57. The number of aliphatic hydroxyl groups is 1. The van der Waals surface area contributed by atoms with Crippen LogP contribution in [0, 0.1) is 0 Å². The van der Waals surface area contributed by atoms with Crippen LogP contribution in [0.1, 0.15) is 44.9 Å². The quantitative estimate of drug-likeness (QED) is 0.303. The lowest BCUT2D eigenvalue weighted by Gasteiger charge is -2.34. The number of carbonyl (C=O) groups is 3. The van der Waals surface area contributed by atoms with Crippen LogP contribution in [-0.2, 0) is 14.4 Å². The van der Waals surface area contributed by atoms with Gasteiger partial charge in [0.05, 0.1) is 21.1 Å². The molecule has 0 aliphatic rings. The molecule has 0 heterocycles. The highest BCUT2D eigenvalue weighted by molar-refractivity contribution is 5.90. The Morgan fingerprint density at radius 2 is 1.71 bits per heavy atom. The van der Waals surface area contributed by atoms with Gasteiger partial charge in [0.25, 0.3) is 0 Å². The molecule has 0 saturated heterocycles. The van der Waals surface area contributed by atoms with Crippen molar-refractivity contribution in [1.82, 2.24) is 0 Å². The number of hydrogen-bond acceptors (Lipinski definition) is 5. The summed E-state index contributed by atoms with van der Waals surface area (Å²) in [5.74, 6) is -1.87. The number of aldehydes is 1. The number of quaternary nitrogens is 1. The number of likely N-dealkylation sites (N-methyl/N-ethyl adjacent to an activating group) is 1. The number of aliphatic carboxylic acids is 1. The Morgan fingerprint density at radius 1 is 1.14 bits per heavy atom. The number of nitrogens with zero attached hydrogens (tertiary/aromatic N) is 1. The van der Waals surface area contributed by atoms with E-state index in [4.69, 9.17) is 0 Å². The molecule has 122 valence electrons. The van der Waals surface area contributed by atoms with E-state index in [1.54, 1.807) is 21.1 Å². The zero-order chi connectivity index (χ0) is 16.5. The van der Waals surface area contributed by atoms with Crippen LogP contribution in [0.3, 0.4) is 0 Å². The van der Waals surface area contributed by atoms with Gasteiger partial charge in [0, 0.05) is 25.2 Å². The normalized spacial score (nSPS) is 14.5. The smallest absolute Gasteiger partial charge is 0.177 e. The SMILES string of the molecule is C[N+](C)(C)CC(O)(CC(=O)[O-])C(=O)CCCCCCC=O. The van der Waals surface area contributed by atoms with E-state index in [9.17, 15) is 24.6 Å². The number of rotatable bonds is 12. The predicted octanol–water partition coefficient (Wildman–Crippen LogP) is -0.328. The third kappa shape index (κ3) is 9.31. The minimum absolute atomic E-state index is 0.0327. The maximum atomic E-state index is 12.2. The number of carbonyl (C=O) groups excluding carboxylic acids is 3. The highest BCUT2D eigenvalue weighted by Gasteiger charge is 2.40. The molecule has 0 radical (unpaired) electrons. The lowest BCUT2D eigenvalue weighted by atomic mass is 9.89. The maximum Gasteiger partial charge on any atom is 0.177 e. The summed E-state index contributed by atoms with van der Waals surface area (Å²) in [6.45, 7) is 0.0327. The third-order valence-electron chi connectivity index (χ3n) is 3.17. The van der Waals surface area contributed by atoms with E-state index in [1.807, 2.05) is 0 Å². The first-order valence-corrected chi connectivity index (χ1v) is 7.30. The lowest BCUT2D eigenvalue weighted by molar-refractivity contribution is -0.875. The zero-order valence-electron chi connectivity index (χ0n) is 13.3. The van der Waals surface area contributed by atoms with E-state index in [2.05, 4.69) is 0 Å². The van der Waals surface area contributed by atoms with Crippen LogP contribution in [0.15, 0.2) is 0 Å². The summed E-state index contributed by atoms with van der Waals surface area (Å²) in [6.07, 6.45) is 3.86. The van der Waals surface area contributed by atoms with E-state index < -0.39 is 23.8 Å². The number of hydrogen-bond donors (Lipinski definition) is 1. The Hall–Kier alpha value is -1.27. The van der Waals surface area contributed by atoms with Gasteiger partial charge in [-0.15, -0.1) is 0 Å². The van der Waals surface area contributed by atoms with E-state index in [0.29, 0.717) is 12.8 Å². The molecule has 0 aromatic rings. The average molecular weight is 301 g/mol. The highest BCUT2D eigenvalue weighted by Crippen LogP contribution is 2.19. The highest BCUT2D eigenvalue weighted by atomic mass is 16.4. The van der Waals surface area contributed by atoms with Gasteiger partial charge in [-0.2, -0.15) is 0 Å². The minimum atomic E-state index is -1.88. The first-order valence-electron chi connectivity index (χ1n) is 7.30. The molecule has 0 saturated carbocycles. The summed E-state index contributed by atoms with van der Waals surface area (Å²) in [5.41, 5.74) is -1.88. The largest absolute Gasteiger partial charge is 0.550 e. The molecule has 6 nitrogen and oxygen atoms in total. The summed E-state index contributed by atoms with van der Waals surface area (Å²) in [7, 11) is 5.35. The van der Waals surface area contributed by atoms with Crippen LogP contribution in [0.25, 0.3) is 0 Å². The van der Waals surface area contributed by atoms with Gasteiger partial charge in [0.1, 0.15) is 12.8 Å². The number of ketones is 1. The van der Waals surface area contributed by atoms with Gasteiger partial charge >= 0.3 is 0 Å². The molecule has 0 bridgehead atoms. The summed E-state index contributed by atoms with van der Waals surface area (Å²) in [6, 6.07) is 0. The van der Waals surface area contributed by atoms with Crippen LogP contribution in [0.4, 0.5) is 0 Å². The van der Waals surface area contributed by atoms with Crippen LogP contribution >= 0.6 is 0 Å². The Morgan fingerprint density at radius 3 is 2.19 bits per heavy atom. The molecule has 1 atom stereocenters. The van der Waals surface area contributed by atoms with Crippen molar-refractivity contribution in [2.45, 2.75) is 50.5 Å². The monoisotopic (exact) mass is 301 g/mol. The molecule has 0 rings (SSSR count). The summed E-state index contributed by atoms with van der Waals surface area (Å²) < 4.78 is 0.287. The van der Waals surface area contributed by atoms with Gasteiger partial charge in [0.2, 0.25) is 0 Å². The fraction of sp³-hybridized carbons (Fsp3) is 0.800. The molecule has 0 aromatic carbocycles. The summed E-state index contributed by atoms with van der Waals surface area (Å²) in [4.78, 5) is 33.1. The summed E-state index contributed by atoms with van der Waals surface area (Å²) >= 11 is 0. The number of unbranched alkanes of at least 4 members (excludes halogenated alkanes) is 4. The summed E-state index contributed by atoms with van der Waals surface area (Å²) in [5, 5.41) is 21.2. The molecule has 0 fully saturated rings. The number of carboxylic acid groups (broad SMARTS) is 1. The van der Waals surface area contributed by atoms with Crippen LogP contribution in [0.5, 0.6) is 0 Å². The fourth-order valence-corrected chi connectivity index (χ4v) is 2.37. The van der Waals surface area contributed by atoms with Crippen molar-refractivity contribution in [3.8, 4) is 0 Å². The maximum absolute atomic E-state index is 12.2. The van der Waals surface area contributed by atoms with Gasteiger partial charge in [0.15, 0.2) is 11.4 Å². The number of carboxylic acids is 1. The molecule has 0 aliphatic carbocycles. The van der Waals surface area contributed by atoms with Crippen molar-refractivity contribution in [2.24, 2.45) is 0 Å². The van der Waals surface area contributed by atoms with Gasteiger partial charge in [-0.25, -0.2) is 0 Å². The Kier molecular flexibility index (Phi) is 8.36. The van der Waals surface area contributed by atoms with E-state index in [-0.39, 0.29) is 17.4 Å². The molecule has 0 aromatic heterocycles. The predicted molar refractivity (Wildman–Crippen MR) is 76.2 cm³/mol. The first-order chi connectivity index (χ1) is 9.60. The van der Waals surface area contributed by atoms with E-state index >= 15 is 0 Å². The van der Waals surface area contributed by atoms with Crippen LogP contribution < -0.4 is 5.11 Å². The van der Waals surface area contributed by atoms with Crippen molar-refractivity contribution in [3.63, 3.8) is 0 Å². The molecule has 0 aliphatic heterocycles. The molecular weight excluding hydrogens is 274 g/mol. The Labute approximate surface area is 126 Å². The van der Waals surface area contributed by atoms with E-state index in [0.717, 1.165) is 25.5 Å². The minimum Gasteiger partial charge on any atom is -0.550 e. The molecule has 6 heteroatoms. The molecule has 0 amide bonds. The van der Waals surface area contributed by atoms with E-state index in [1.165, 1.54) is 0 Å². The van der Waals surface area contributed by atoms with Crippen LogP contribution in [0.2, 0.25) is 0 Å². The zero-order valence-corrected chi connectivity index (χ0v) is 13.3. The van der Waals surface area contributed by atoms with Gasteiger partial charge in [-0.1, -0.05) is 12.8 Å². The molecule has 0 spiro atoms. The average Bonchev–Trinajstić information content (AvgIpc) is 2.29. The van der Waals surface area contributed by atoms with Gasteiger partial charge in [-0.3, -0.25) is 4.79 Å². The lowest BCUT2D eigenvalue weighted by Crippen LogP contribution is -2.56. The second-order valence-electron chi connectivity index (χ2n) is 6.57.